The second-order valence-corrected chi connectivity index (χ2v) is 6.27. The van der Waals surface area contributed by atoms with Crippen molar-refractivity contribution in [1.29, 1.82) is 0 Å². The topological polar surface area (TPSA) is 42.9 Å². The Morgan fingerprint density at radius 1 is 1.19 bits per heavy atom. The third kappa shape index (κ3) is 3.26. The molecule has 0 saturated heterocycles. The molecule has 3 nitrogen and oxygen atoms in total. The number of nitrogens with zero attached hydrogens (tertiary/aromatic N) is 2. The molecule has 0 radical (unpaired) electrons. The first-order valence-electron chi connectivity index (χ1n) is 6.08. The first-order chi connectivity index (χ1) is 10.2. The normalized spacial score (nSPS) is 11.1. The molecule has 6 heteroatoms. The standard InChI is InChI=1S/C15H9ClN2OS2/c16-12-4-2-1-3-11(12)14-7-8-15(21-14)13(19)6-5-10-9-20-18-17-10/h1-9H/b6-5+. The summed E-state index contributed by atoms with van der Waals surface area (Å²) in [4.78, 5) is 13.8. The highest BCUT2D eigenvalue weighted by Crippen LogP contribution is 2.33. The number of hydrogen-bond donors (Lipinski definition) is 0. The number of rotatable bonds is 4. The van der Waals surface area contributed by atoms with E-state index >= 15 is 0 Å². The van der Waals surface area contributed by atoms with E-state index in [0.29, 0.717) is 15.6 Å². The van der Waals surface area contributed by atoms with E-state index in [2.05, 4.69) is 9.59 Å². The lowest BCUT2D eigenvalue weighted by molar-refractivity contribution is 0.105. The van der Waals surface area contributed by atoms with E-state index in [1.807, 2.05) is 36.4 Å². The summed E-state index contributed by atoms with van der Waals surface area (Å²) in [6, 6.07) is 11.3. The lowest BCUT2D eigenvalue weighted by atomic mass is 10.2. The first kappa shape index (κ1) is 14.1. The molecule has 21 heavy (non-hydrogen) atoms. The van der Waals surface area contributed by atoms with Crippen molar-refractivity contribution in [2.24, 2.45) is 0 Å². The average Bonchev–Trinajstić information content (AvgIpc) is 3.17. The van der Waals surface area contributed by atoms with Gasteiger partial charge in [-0.05, 0) is 41.9 Å². The van der Waals surface area contributed by atoms with Crippen molar-refractivity contribution in [3.63, 3.8) is 0 Å². The third-order valence-electron chi connectivity index (χ3n) is 2.77. The van der Waals surface area contributed by atoms with Gasteiger partial charge in [-0.15, -0.1) is 16.4 Å². The van der Waals surface area contributed by atoms with Gasteiger partial charge < -0.3 is 0 Å². The van der Waals surface area contributed by atoms with Gasteiger partial charge in [0.2, 0.25) is 0 Å². The molecule has 0 unspecified atom stereocenters. The molecule has 0 atom stereocenters. The second kappa shape index (κ2) is 6.30. The molecule has 2 heterocycles. The number of ketones is 1. The van der Waals surface area contributed by atoms with Crippen LogP contribution in [0.4, 0.5) is 0 Å². The van der Waals surface area contributed by atoms with Gasteiger partial charge in [0.15, 0.2) is 5.78 Å². The molecule has 3 rings (SSSR count). The Bertz CT molecular complexity index is 794. The van der Waals surface area contributed by atoms with Crippen LogP contribution >= 0.6 is 34.5 Å². The highest BCUT2D eigenvalue weighted by Gasteiger charge is 2.10. The Morgan fingerprint density at radius 3 is 2.81 bits per heavy atom. The summed E-state index contributed by atoms with van der Waals surface area (Å²) in [7, 11) is 0. The molecule has 0 aliphatic carbocycles. The van der Waals surface area contributed by atoms with E-state index in [1.165, 1.54) is 28.9 Å². The number of thiophene rings is 1. The predicted molar refractivity (Wildman–Crippen MR) is 88.0 cm³/mol. The van der Waals surface area contributed by atoms with E-state index in [4.69, 9.17) is 11.6 Å². The van der Waals surface area contributed by atoms with Crippen LogP contribution in [0.15, 0.2) is 47.9 Å². The van der Waals surface area contributed by atoms with E-state index in [9.17, 15) is 4.79 Å². The fraction of sp³-hybridized carbons (Fsp3) is 0. The van der Waals surface area contributed by atoms with Gasteiger partial charge in [0.05, 0.1) is 10.6 Å². The molecular weight excluding hydrogens is 324 g/mol. The zero-order chi connectivity index (χ0) is 14.7. The molecule has 0 amide bonds. The Hall–Kier alpha value is -1.82. The van der Waals surface area contributed by atoms with Gasteiger partial charge in [-0.25, -0.2) is 0 Å². The van der Waals surface area contributed by atoms with Crippen molar-refractivity contribution < 1.29 is 4.79 Å². The smallest absolute Gasteiger partial charge is 0.195 e. The van der Waals surface area contributed by atoms with E-state index in [-0.39, 0.29) is 5.78 Å². The van der Waals surface area contributed by atoms with Crippen LogP contribution in [0.3, 0.4) is 0 Å². The largest absolute Gasteiger partial charge is 0.288 e. The van der Waals surface area contributed by atoms with Crippen LogP contribution < -0.4 is 0 Å². The summed E-state index contributed by atoms with van der Waals surface area (Å²) in [5, 5.41) is 6.33. The summed E-state index contributed by atoms with van der Waals surface area (Å²) in [5.41, 5.74) is 1.63. The van der Waals surface area contributed by atoms with Gasteiger partial charge in [0, 0.05) is 20.8 Å². The molecule has 1 aromatic carbocycles. The minimum absolute atomic E-state index is 0.0497. The summed E-state index contributed by atoms with van der Waals surface area (Å²) in [5.74, 6) is -0.0497. The van der Waals surface area contributed by atoms with Crippen LogP contribution in [-0.2, 0) is 0 Å². The van der Waals surface area contributed by atoms with Crippen LogP contribution in [0.1, 0.15) is 15.4 Å². The number of aromatic nitrogens is 2. The molecule has 104 valence electrons. The van der Waals surface area contributed by atoms with Crippen LogP contribution in [0, 0.1) is 0 Å². The minimum atomic E-state index is -0.0497. The van der Waals surface area contributed by atoms with Crippen molar-refractivity contribution in [2.45, 2.75) is 0 Å². The number of carbonyl (C=O) groups excluding carboxylic acids is 1. The van der Waals surface area contributed by atoms with Gasteiger partial charge in [-0.2, -0.15) is 0 Å². The van der Waals surface area contributed by atoms with Crippen molar-refractivity contribution in [2.75, 3.05) is 0 Å². The number of halogens is 1. The first-order valence-corrected chi connectivity index (χ1v) is 8.11. The molecule has 0 aliphatic heterocycles. The quantitative estimate of drug-likeness (QED) is 0.508. The Balaban J connectivity index is 1.82. The maximum absolute atomic E-state index is 12.1. The van der Waals surface area contributed by atoms with Crippen molar-refractivity contribution in [3.8, 4) is 10.4 Å². The summed E-state index contributed by atoms with van der Waals surface area (Å²) in [6.07, 6.45) is 3.18. The van der Waals surface area contributed by atoms with Gasteiger partial charge in [0.25, 0.3) is 0 Å². The van der Waals surface area contributed by atoms with Crippen molar-refractivity contribution in [1.82, 2.24) is 9.59 Å². The van der Waals surface area contributed by atoms with Gasteiger partial charge >= 0.3 is 0 Å². The monoisotopic (exact) mass is 332 g/mol. The van der Waals surface area contributed by atoms with Crippen molar-refractivity contribution in [3.05, 3.63) is 63.4 Å². The lowest BCUT2D eigenvalue weighted by Crippen LogP contribution is -1.88. The molecule has 0 spiro atoms. The molecule has 0 saturated carbocycles. The second-order valence-electron chi connectivity index (χ2n) is 4.17. The molecule has 2 aromatic heterocycles. The van der Waals surface area contributed by atoms with E-state index in [1.54, 1.807) is 11.5 Å². The highest BCUT2D eigenvalue weighted by atomic mass is 35.5. The molecule has 0 N–H and O–H groups in total. The summed E-state index contributed by atoms with van der Waals surface area (Å²) in [6.45, 7) is 0. The summed E-state index contributed by atoms with van der Waals surface area (Å²) >= 11 is 8.85. The maximum Gasteiger partial charge on any atom is 0.195 e. The number of carbonyl (C=O) groups is 1. The van der Waals surface area contributed by atoms with Crippen LogP contribution in [0.5, 0.6) is 0 Å². The van der Waals surface area contributed by atoms with Gasteiger partial charge in [-0.3, -0.25) is 4.79 Å². The average molecular weight is 333 g/mol. The molecule has 0 fully saturated rings. The predicted octanol–water partition coefficient (Wildman–Crippen LogP) is 4.82. The van der Waals surface area contributed by atoms with E-state index < -0.39 is 0 Å². The van der Waals surface area contributed by atoms with Crippen LogP contribution in [0.25, 0.3) is 16.5 Å². The number of allylic oxidation sites excluding steroid dienone is 1. The molecule has 0 aliphatic rings. The van der Waals surface area contributed by atoms with Crippen LogP contribution in [-0.4, -0.2) is 15.4 Å². The van der Waals surface area contributed by atoms with E-state index in [0.717, 1.165) is 10.4 Å². The molecule has 3 aromatic rings. The van der Waals surface area contributed by atoms with Crippen molar-refractivity contribution >= 4 is 46.3 Å². The van der Waals surface area contributed by atoms with Gasteiger partial charge in [0.1, 0.15) is 0 Å². The Labute approximate surface area is 134 Å². The lowest BCUT2D eigenvalue weighted by Gasteiger charge is -1.99. The summed E-state index contributed by atoms with van der Waals surface area (Å²) < 4.78 is 3.74. The highest BCUT2D eigenvalue weighted by molar-refractivity contribution is 7.17. The fourth-order valence-electron chi connectivity index (χ4n) is 1.76. The fourth-order valence-corrected chi connectivity index (χ4v) is 3.45. The number of benzene rings is 1. The minimum Gasteiger partial charge on any atom is -0.288 e. The SMILES string of the molecule is O=C(/C=C/c1csnn1)c1ccc(-c2ccccc2Cl)s1. The Morgan fingerprint density at radius 2 is 2.05 bits per heavy atom. The molecule has 0 bridgehead atoms. The third-order valence-corrected chi connectivity index (χ3v) is 4.76. The number of hydrogen-bond acceptors (Lipinski definition) is 5. The molecular formula is C15H9ClN2OS2. The van der Waals surface area contributed by atoms with Crippen LogP contribution in [0.2, 0.25) is 5.02 Å². The maximum atomic E-state index is 12.1. The zero-order valence-corrected chi connectivity index (χ0v) is 13.1. The Kier molecular flexibility index (Phi) is 4.24. The zero-order valence-electron chi connectivity index (χ0n) is 10.7. The van der Waals surface area contributed by atoms with Gasteiger partial charge in [-0.1, -0.05) is 34.3 Å².